The summed E-state index contributed by atoms with van der Waals surface area (Å²) in [6.07, 6.45) is 6.03. The van der Waals surface area contributed by atoms with Crippen LogP contribution in [0.3, 0.4) is 0 Å². The molecule has 392 valence electrons. The highest BCUT2D eigenvalue weighted by atomic mass is 35.5. The van der Waals surface area contributed by atoms with Gasteiger partial charge in [-0.25, -0.2) is 0 Å². The summed E-state index contributed by atoms with van der Waals surface area (Å²) in [6.45, 7) is 12.2. The fourth-order valence-corrected chi connectivity index (χ4v) is 9.80. The van der Waals surface area contributed by atoms with Gasteiger partial charge in [0, 0.05) is 54.2 Å². The Morgan fingerprint density at radius 1 is 0.333 bits per heavy atom. The Labute approximate surface area is 458 Å². The highest BCUT2D eigenvalue weighted by molar-refractivity contribution is 6.33. The van der Waals surface area contributed by atoms with Gasteiger partial charge in [-0.2, -0.15) is 0 Å². The van der Waals surface area contributed by atoms with Crippen LogP contribution in [0.5, 0.6) is 0 Å². The molecular formula is C54H72B2Cl6N4O6. The van der Waals surface area contributed by atoms with Crippen LogP contribution in [0.25, 0.3) is 0 Å². The van der Waals surface area contributed by atoms with E-state index in [1.807, 2.05) is 114 Å². The summed E-state index contributed by atoms with van der Waals surface area (Å²) in [5, 5.41) is 46.7. The van der Waals surface area contributed by atoms with E-state index >= 15 is 0 Å². The Bertz CT molecular complexity index is 2220. The van der Waals surface area contributed by atoms with E-state index in [0.717, 1.165) is 105 Å². The lowest BCUT2D eigenvalue weighted by Gasteiger charge is -2.37. The number of aryl methyl sites for hydroxylation is 6. The zero-order valence-corrected chi connectivity index (χ0v) is 47.9. The van der Waals surface area contributed by atoms with E-state index in [4.69, 9.17) is 69.6 Å². The molecule has 18 heteroatoms. The van der Waals surface area contributed by atoms with Crippen LogP contribution in [0.4, 0.5) is 0 Å². The summed E-state index contributed by atoms with van der Waals surface area (Å²) >= 11 is 39.7. The van der Waals surface area contributed by atoms with Crippen molar-refractivity contribution < 1.29 is 29.4 Å². The van der Waals surface area contributed by atoms with Gasteiger partial charge in [0.1, 0.15) is 0 Å². The Balaban J connectivity index is 0.000000682. The Morgan fingerprint density at radius 3 is 0.694 bits per heavy atom. The summed E-state index contributed by atoms with van der Waals surface area (Å²) in [7, 11) is -4.48. The van der Waals surface area contributed by atoms with Crippen LogP contribution in [-0.2, 0) is 20.1 Å². The number of hydrogen-bond acceptors (Lipinski definition) is 6. The molecule has 0 saturated carbocycles. The van der Waals surface area contributed by atoms with Crippen molar-refractivity contribution in [2.75, 3.05) is 13.2 Å². The lowest BCUT2D eigenvalue weighted by atomic mass is 9.66. The fourth-order valence-electron chi connectivity index (χ4n) is 8.71. The molecule has 0 bridgehead atoms. The molecule has 0 aliphatic heterocycles. The van der Waals surface area contributed by atoms with Crippen molar-refractivity contribution in [2.45, 2.75) is 104 Å². The molecule has 0 atom stereocenters. The summed E-state index contributed by atoms with van der Waals surface area (Å²) in [6, 6.07) is 37.1. The molecule has 0 fully saturated rings. The van der Waals surface area contributed by atoms with E-state index in [2.05, 4.69) is 45.7 Å². The maximum absolute atomic E-state index is 10.6. The van der Waals surface area contributed by atoms with Gasteiger partial charge in [-0.1, -0.05) is 168 Å². The predicted octanol–water partition coefficient (Wildman–Crippen LogP) is 13.9. The average molecular weight is 1110 g/mol. The van der Waals surface area contributed by atoms with Crippen LogP contribution in [-0.4, -0.2) is 27.9 Å². The van der Waals surface area contributed by atoms with Crippen LogP contribution in [0, 0.1) is 41.5 Å². The third-order valence-electron chi connectivity index (χ3n) is 12.9. The van der Waals surface area contributed by atoms with Gasteiger partial charge in [-0.15, -0.1) is 0 Å². The van der Waals surface area contributed by atoms with E-state index in [-0.39, 0.29) is 37.8 Å². The van der Waals surface area contributed by atoms with Crippen LogP contribution in [0.1, 0.15) is 118 Å². The van der Waals surface area contributed by atoms with E-state index in [1.165, 1.54) is 0 Å². The molecule has 0 aliphatic rings. The molecule has 0 saturated heterocycles. The molecule has 0 spiro atoms. The number of halogens is 6. The first-order valence-corrected chi connectivity index (χ1v) is 25.0. The minimum atomic E-state index is -2.24. The van der Waals surface area contributed by atoms with E-state index in [1.54, 1.807) is 0 Å². The van der Waals surface area contributed by atoms with Gasteiger partial charge in [0.25, 0.3) is 0 Å². The summed E-state index contributed by atoms with van der Waals surface area (Å²) in [4.78, 5) is 0. The van der Waals surface area contributed by atoms with Crippen molar-refractivity contribution in [3.63, 3.8) is 0 Å². The molecule has 16 N–H and O–H groups in total. The minimum absolute atomic E-state index is 0. The van der Waals surface area contributed by atoms with Crippen molar-refractivity contribution in [1.82, 2.24) is 24.6 Å². The Morgan fingerprint density at radius 2 is 0.528 bits per heavy atom. The topological polar surface area (TPSA) is 257 Å². The molecule has 10 nitrogen and oxygen atoms in total. The largest absolute Gasteiger partial charge is 0.871 e. The number of benzene rings is 6. The second-order valence-electron chi connectivity index (χ2n) is 17.5. The van der Waals surface area contributed by atoms with Crippen LogP contribution >= 0.6 is 69.6 Å². The van der Waals surface area contributed by atoms with Gasteiger partial charge in [-0.3, -0.25) is 0 Å². The molecule has 0 aliphatic carbocycles. The molecule has 6 aromatic rings. The molecule has 0 unspecified atom stereocenters. The first-order chi connectivity index (χ1) is 32.3. The van der Waals surface area contributed by atoms with Crippen molar-refractivity contribution in [3.8, 4) is 0 Å². The molecule has 6 aromatic carbocycles. The van der Waals surface area contributed by atoms with Crippen LogP contribution < -0.4 is 44.7 Å². The van der Waals surface area contributed by atoms with E-state index in [9.17, 15) is 20.1 Å². The van der Waals surface area contributed by atoms with E-state index < -0.39 is 25.5 Å². The van der Waals surface area contributed by atoms with Crippen molar-refractivity contribution in [1.29, 1.82) is 0 Å². The molecule has 0 amide bonds. The summed E-state index contributed by atoms with van der Waals surface area (Å²) in [5.41, 5.74) is 11.3. The van der Waals surface area contributed by atoms with Gasteiger partial charge >= 0.3 is 0 Å². The lowest BCUT2D eigenvalue weighted by molar-refractivity contribution is -0.383. The first-order valence-electron chi connectivity index (χ1n) is 22.8. The highest BCUT2D eigenvalue weighted by Crippen LogP contribution is 2.48. The van der Waals surface area contributed by atoms with Gasteiger partial charge in [0.15, 0.2) is 0 Å². The SMILES string of the molecule is Cc1ccc(C(CCCCCOB([O-])[O-])(c2ccc(C)c(Cl)c2)c2ccc(C)c(Cl)c2)cc1Cl.Cc1ccc(C(CCCCCOB([O-])[O-])(c2ccc(C)c(Cl)c2)c2ccc(C)c(Cl)c2)cc1Cl.[NH4+].[NH4+].[NH4+].[NH4+]. The van der Waals surface area contributed by atoms with E-state index in [0.29, 0.717) is 43.0 Å². The lowest BCUT2D eigenvalue weighted by Crippen LogP contribution is -2.47. The Kier molecular flexibility index (Phi) is 28.7. The number of hydrogen-bond donors (Lipinski definition) is 4. The zero-order valence-electron chi connectivity index (χ0n) is 43.3. The van der Waals surface area contributed by atoms with Gasteiger partial charge in [-0.05, 0) is 170 Å². The smallest absolute Gasteiger partial charge is 0.0604 e. The summed E-state index contributed by atoms with van der Waals surface area (Å²) < 4.78 is 9.30. The molecular weight excluding hydrogens is 1030 g/mol. The number of quaternary nitrogens is 4. The standard InChI is InChI=1S/2C27H28BCl3O3.4H3N/c2*1-18-7-10-21(15-24(18)29)27(13-5-4-6-14-34-28(32)33,22-11-8-19(2)25(30)16-22)23-12-9-20(3)26(31)17-23;;;;/h2*7-12,15-17H,4-6,13-14H2,1-3H3;4*1H3/q2*-2;;;;/p+4. The third-order valence-corrected chi connectivity index (χ3v) is 15.3. The maximum Gasteiger partial charge on any atom is 0.0604 e. The Hall–Kier alpha value is -3.21. The van der Waals surface area contributed by atoms with Gasteiger partial charge in [0.2, 0.25) is 0 Å². The molecule has 72 heavy (non-hydrogen) atoms. The number of rotatable bonds is 20. The van der Waals surface area contributed by atoms with Crippen LogP contribution in [0.15, 0.2) is 109 Å². The second-order valence-corrected chi connectivity index (χ2v) is 20.0. The number of unbranched alkanes of at least 4 members (excludes halogenated alkanes) is 4. The van der Waals surface area contributed by atoms with Crippen molar-refractivity contribution in [3.05, 3.63) is 206 Å². The highest BCUT2D eigenvalue weighted by Gasteiger charge is 2.38. The molecule has 0 aromatic heterocycles. The molecule has 6 rings (SSSR count). The second kappa shape index (κ2) is 31.0. The normalized spacial score (nSPS) is 11.0. The molecule has 0 heterocycles. The fraction of sp³-hybridized carbons (Fsp3) is 0.333. The zero-order chi connectivity index (χ0) is 49.8. The predicted molar refractivity (Wildman–Crippen MR) is 301 cm³/mol. The summed E-state index contributed by atoms with van der Waals surface area (Å²) in [5.74, 6) is 0. The van der Waals surface area contributed by atoms with Crippen molar-refractivity contribution >= 4 is 84.2 Å². The minimum Gasteiger partial charge on any atom is -0.871 e. The first kappa shape index (κ1) is 66.8. The quantitative estimate of drug-likeness (QED) is 0.0328. The monoisotopic (exact) mass is 1100 g/mol. The van der Waals surface area contributed by atoms with Crippen molar-refractivity contribution in [2.24, 2.45) is 0 Å². The third kappa shape index (κ3) is 16.9. The maximum atomic E-state index is 10.6. The van der Waals surface area contributed by atoms with Gasteiger partial charge in [0.05, 0.1) is 14.6 Å². The average Bonchev–Trinajstić information content (AvgIpc) is 3.29. The van der Waals surface area contributed by atoms with Crippen LogP contribution in [0.2, 0.25) is 30.1 Å². The van der Waals surface area contributed by atoms with Gasteiger partial charge < -0.3 is 54.0 Å². The molecule has 0 radical (unpaired) electrons.